The third kappa shape index (κ3) is 7.24. The highest BCUT2D eigenvalue weighted by atomic mass is 16.5. The summed E-state index contributed by atoms with van der Waals surface area (Å²) >= 11 is 0. The molecule has 0 radical (unpaired) electrons. The number of rotatable bonds is 6. The summed E-state index contributed by atoms with van der Waals surface area (Å²) in [5.41, 5.74) is 2.09. The summed E-state index contributed by atoms with van der Waals surface area (Å²) in [6.07, 6.45) is 3.51. The predicted molar refractivity (Wildman–Crippen MR) is 133 cm³/mol. The molecule has 0 saturated carbocycles. The van der Waals surface area contributed by atoms with Crippen molar-refractivity contribution < 1.29 is 23.8 Å². The van der Waals surface area contributed by atoms with E-state index in [0.29, 0.717) is 36.7 Å². The molecule has 1 aromatic heterocycles. The van der Waals surface area contributed by atoms with Gasteiger partial charge >= 0.3 is 0 Å². The number of benzene rings is 1. The Kier molecular flexibility index (Phi) is 9.59. The van der Waals surface area contributed by atoms with E-state index in [9.17, 15) is 9.59 Å². The van der Waals surface area contributed by atoms with Crippen LogP contribution in [0.2, 0.25) is 0 Å². The third-order valence-corrected chi connectivity index (χ3v) is 6.24. The second kappa shape index (κ2) is 12.6. The van der Waals surface area contributed by atoms with Crippen LogP contribution in [0, 0.1) is 5.92 Å². The normalized spacial score (nSPS) is 21.9. The van der Waals surface area contributed by atoms with E-state index in [4.69, 9.17) is 14.2 Å². The molecule has 2 amide bonds. The maximum absolute atomic E-state index is 13.3. The maximum Gasteiger partial charge on any atom is 0.257 e. The van der Waals surface area contributed by atoms with Gasteiger partial charge in [0.15, 0.2) is 0 Å². The Morgan fingerprint density at radius 3 is 2.71 bits per heavy atom. The number of pyridine rings is 1. The third-order valence-electron chi connectivity index (χ3n) is 6.24. The van der Waals surface area contributed by atoms with Gasteiger partial charge in [-0.2, -0.15) is 0 Å². The number of nitrogens with one attached hydrogen (secondary N) is 1. The number of carbonyl (C=O) groups is 2. The van der Waals surface area contributed by atoms with Gasteiger partial charge in [0.1, 0.15) is 19.0 Å². The number of hydrogen-bond acceptors (Lipinski definition) is 7. The molecule has 1 aliphatic heterocycles. The first-order valence-corrected chi connectivity index (χ1v) is 11.8. The average molecular weight is 485 g/mol. The minimum Gasteiger partial charge on any atom is -0.491 e. The molecule has 35 heavy (non-hydrogen) atoms. The SMILES string of the molecule is COCC(=O)Nc1ccc2c(c1)OC[C@@H](C)N(Cc1cccnc1)C[C@H](C)[C@@H](OC)CN(C)C2=O. The molecule has 3 atom stereocenters. The van der Waals surface area contributed by atoms with Gasteiger partial charge in [-0.25, -0.2) is 0 Å². The van der Waals surface area contributed by atoms with Gasteiger partial charge in [0.25, 0.3) is 5.91 Å². The van der Waals surface area contributed by atoms with Crippen LogP contribution < -0.4 is 10.1 Å². The molecule has 0 fully saturated rings. The first kappa shape index (κ1) is 26.6. The standard InChI is InChI=1S/C26H36N4O5/c1-18-13-30(14-20-7-6-10-27-12-20)19(2)16-35-23-11-21(28-25(31)17-33-4)8-9-22(23)26(32)29(3)15-24(18)34-5/h6-12,18-19,24H,13-17H2,1-5H3,(H,28,31)/t18-,19+,24-/m0/s1. The molecule has 2 heterocycles. The smallest absolute Gasteiger partial charge is 0.257 e. The monoisotopic (exact) mass is 484 g/mol. The summed E-state index contributed by atoms with van der Waals surface area (Å²) < 4.78 is 16.9. The van der Waals surface area contributed by atoms with Gasteiger partial charge in [-0.15, -0.1) is 0 Å². The molecule has 9 heteroatoms. The molecule has 3 rings (SSSR count). The Morgan fingerprint density at radius 2 is 2.03 bits per heavy atom. The summed E-state index contributed by atoms with van der Waals surface area (Å²) in [4.78, 5) is 33.6. The number of amides is 2. The van der Waals surface area contributed by atoms with E-state index in [-0.39, 0.29) is 36.5 Å². The fourth-order valence-electron chi connectivity index (χ4n) is 4.20. The largest absolute Gasteiger partial charge is 0.491 e. The van der Waals surface area contributed by atoms with Crippen molar-refractivity contribution in [2.45, 2.75) is 32.5 Å². The quantitative estimate of drug-likeness (QED) is 0.674. The van der Waals surface area contributed by atoms with Crippen molar-refractivity contribution in [3.05, 3.63) is 53.9 Å². The number of methoxy groups -OCH3 is 2. The van der Waals surface area contributed by atoms with Crippen LogP contribution in [0.3, 0.4) is 0 Å². The lowest BCUT2D eigenvalue weighted by molar-refractivity contribution is -0.119. The molecule has 1 aromatic carbocycles. The molecule has 1 N–H and O–H groups in total. The second-order valence-corrected chi connectivity index (χ2v) is 9.08. The number of ether oxygens (including phenoxy) is 3. The highest BCUT2D eigenvalue weighted by Gasteiger charge is 2.28. The minimum atomic E-state index is -0.281. The lowest BCUT2D eigenvalue weighted by Crippen LogP contribution is -2.46. The van der Waals surface area contributed by atoms with Gasteiger partial charge in [-0.05, 0) is 36.6 Å². The second-order valence-electron chi connectivity index (χ2n) is 9.08. The molecule has 190 valence electrons. The van der Waals surface area contributed by atoms with Crippen LogP contribution in [0.1, 0.15) is 29.8 Å². The average Bonchev–Trinajstić information content (AvgIpc) is 2.85. The molecular formula is C26H36N4O5. The van der Waals surface area contributed by atoms with E-state index >= 15 is 0 Å². The van der Waals surface area contributed by atoms with Gasteiger partial charge in [0.2, 0.25) is 5.91 Å². The van der Waals surface area contributed by atoms with E-state index in [1.54, 1.807) is 43.5 Å². The van der Waals surface area contributed by atoms with E-state index < -0.39 is 0 Å². The lowest BCUT2D eigenvalue weighted by atomic mass is 10.0. The summed E-state index contributed by atoms with van der Waals surface area (Å²) in [6, 6.07) is 9.11. The van der Waals surface area contributed by atoms with Crippen LogP contribution in [0.5, 0.6) is 5.75 Å². The highest BCUT2D eigenvalue weighted by molar-refractivity contribution is 5.98. The molecule has 0 spiro atoms. The van der Waals surface area contributed by atoms with Crippen molar-refractivity contribution in [2.75, 3.05) is 52.9 Å². The Bertz CT molecular complexity index is 987. The number of nitrogens with zero attached hydrogens (tertiary/aromatic N) is 3. The fourth-order valence-corrected chi connectivity index (χ4v) is 4.20. The van der Waals surface area contributed by atoms with Crippen molar-refractivity contribution in [3.63, 3.8) is 0 Å². The first-order chi connectivity index (χ1) is 16.8. The number of likely N-dealkylation sites (N-methyl/N-ethyl adjacent to an activating group) is 1. The topological polar surface area (TPSA) is 93.2 Å². The number of anilines is 1. The molecule has 0 saturated heterocycles. The molecule has 2 aromatic rings. The molecule has 0 aliphatic carbocycles. The minimum absolute atomic E-state index is 0.0435. The zero-order valence-corrected chi connectivity index (χ0v) is 21.2. The summed E-state index contributed by atoms with van der Waals surface area (Å²) in [5, 5.41) is 2.77. The lowest BCUT2D eigenvalue weighted by Gasteiger charge is -2.36. The Labute approximate surface area is 207 Å². The number of carbonyl (C=O) groups excluding carboxylic acids is 2. The summed E-state index contributed by atoms with van der Waals surface area (Å²) in [7, 11) is 4.91. The van der Waals surface area contributed by atoms with Crippen molar-refractivity contribution >= 4 is 17.5 Å². The number of hydrogen-bond donors (Lipinski definition) is 1. The van der Waals surface area contributed by atoms with Crippen LogP contribution in [0.4, 0.5) is 5.69 Å². The number of aromatic nitrogens is 1. The van der Waals surface area contributed by atoms with Crippen LogP contribution in [0.15, 0.2) is 42.7 Å². The van der Waals surface area contributed by atoms with Crippen molar-refractivity contribution in [1.29, 1.82) is 0 Å². The van der Waals surface area contributed by atoms with Gasteiger partial charge in [-0.1, -0.05) is 13.0 Å². The van der Waals surface area contributed by atoms with Crippen LogP contribution >= 0.6 is 0 Å². The highest BCUT2D eigenvalue weighted by Crippen LogP contribution is 2.27. The van der Waals surface area contributed by atoms with Gasteiger partial charge < -0.3 is 24.4 Å². The van der Waals surface area contributed by atoms with E-state index in [0.717, 1.165) is 12.1 Å². The first-order valence-electron chi connectivity index (χ1n) is 11.8. The van der Waals surface area contributed by atoms with Crippen LogP contribution in [0.25, 0.3) is 0 Å². The van der Waals surface area contributed by atoms with E-state index in [2.05, 4.69) is 35.1 Å². The van der Waals surface area contributed by atoms with Crippen molar-refractivity contribution in [1.82, 2.24) is 14.8 Å². The Hall–Kier alpha value is -3.01. The zero-order valence-electron chi connectivity index (χ0n) is 21.2. The fraction of sp³-hybridized carbons (Fsp3) is 0.500. The summed E-state index contributed by atoms with van der Waals surface area (Å²) in [5.74, 6) is 0.154. The van der Waals surface area contributed by atoms with E-state index in [1.165, 1.54) is 7.11 Å². The molecule has 0 unspecified atom stereocenters. The van der Waals surface area contributed by atoms with Crippen LogP contribution in [-0.2, 0) is 20.8 Å². The van der Waals surface area contributed by atoms with Gasteiger partial charge in [0.05, 0.1) is 11.7 Å². The zero-order chi connectivity index (χ0) is 25.4. The van der Waals surface area contributed by atoms with E-state index in [1.807, 2.05) is 12.3 Å². The molecule has 0 bridgehead atoms. The maximum atomic E-state index is 13.3. The predicted octanol–water partition coefficient (Wildman–Crippen LogP) is 2.67. The molecule has 1 aliphatic rings. The van der Waals surface area contributed by atoms with Gasteiger partial charge in [0, 0.05) is 71.1 Å². The Balaban J connectivity index is 1.92. The van der Waals surface area contributed by atoms with Gasteiger partial charge in [-0.3, -0.25) is 19.5 Å². The van der Waals surface area contributed by atoms with Crippen molar-refractivity contribution in [2.24, 2.45) is 5.92 Å². The molecule has 9 nitrogen and oxygen atoms in total. The van der Waals surface area contributed by atoms with Crippen molar-refractivity contribution in [3.8, 4) is 5.75 Å². The Morgan fingerprint density at radius 1 is 1.23 bits per heavy atom. The molecular weight excluding hydrogens is 448 g/mol. The van der Waals surface area contributed by atoms with Crippen LogP contribution in [-0.4, -0.2) is 86.3 Å². The number of fused-ring (bicyclic) bond motifs is 1. The summed E-state index contributed by atoms with van der Waals surface area (Å²) in [6.45, 7) is 6.48.